The van der Waals surface area contributed by atoms with Crippen molar-refractivity contribution >= 4 is 28.2 Å². The number of hydrogen-bond donors (Lipinski definition) is 2. The van der Waals surface area contributed by atoms with Gasteiger partial charge in [0, 0.05) is 37.6 Å². The molecule has 3 rings (SSSR count). The van der Waals surface area contributed by atoms with Crippen LogP contribution in [0, 0.1) is 0 Å². The molecular weight excluding hydrogens is 304 g/mol. The summed E-state index contributed by atoms with van der Waals surface area (Å²) in [6, 6.07) is 11.3. The molecule has 1 aromatic carbocycles. The lowest BCUT2D eigenvalue weighted by Gasteiger charge is -2.09. The van der Waals surface area contributed by atoms with Crippen LogP contribution in [0.15, 0.2) is 55.0 Å². The Kier molecular flexibility index (Phi) is 4.98. The van der Waals surface area contributed by atoms with Crippen molar-refractivity contribution in [1.82, 2.24) is 9.97 Å². The minimum absolute atomic E-state index is 0.226. The van der Waals surface area contributed by atoms with Crippen LogP contribution in [-0.4, -0.2) is 36.1 Å². The van der Waals surface area contributed by atoms with Crippen LogP contribution in [-0.2, 0) is 4.74 Å². The first kappa shape index (κ1) is 15.9. The van der Waals surface area contributed by atoms with Crippen LogP contribution >= 0.6 is 0 Å². The predicted molar refractivity (Wildman–Crippen MR) is 94.3 cm³/mol. The summed E-state index contributed by atoms with van der Waals surface area (Å²) in [5, 5.41) is 7.03. The first-order valence-electron chi connectivity index (χ1n) is 7.61. The van der Waals surface area contributed by atoms with Crippen LogP contribution in [0.3, 0.4) is 0 Å². The lowest BCUT2D eigenvalue weighted by molar-refractivity contribution is 0.102. The maximum Gasteiger partial charge on any atom is 0.257 e. The first-order valence-corrected chi connectivity index (χ1v) is 7.61. The minimum atomic E-state index is -0.226. The molecule has 1 amide bonds. The van der Waals surface area contributed by atoms with E-state index in [0.29, 0.717) is 24.4 Å². The van der Waals surface area contributed by atoms with E-state index in [-0.39, 0.29) is 5.91 Å². The fourth-order valence-corrected chi connectivity index (χ4v) is 2.36. The topological polar surface area (TPSA) is 76.1 Å². The molecule has 24 heavy (non-hydrogen) atoms. The summed E-state index contributed by atoms with van der Waals surface area (Å²) >= 11 is 0. The molecule has 6 heteroatoms. The summed E-state index contributed by atoms with van der Waals surface area (Å²) < 4.78 is 4.99. The number of nitrogens with one attached hydrogen (secondary N) is 2. The molecular formula is C18H18N4O2. The molecule has 0 saturated carbocycles. The predicted octanol–water partition coefficient (Wildman–Crippen LogP) is 2.94. The van der Waals surface area contributed by atoms with E-state index in [4.69, 9.17) is 4.74 Å². The Morgan fingerprint density at radius 3 is 2.96 bits per heavy atom. The van der Waals surface area contributed by atoms with Gasteiger partial charge in [0.25, 0.3) is 5.91 Å². The highest BCUT2D eigenvalue weighted by molar-refractivity contribution is 6.08. The number of rotatable bonds is 6. The zero-order chi connectivity index (χ0) is 16.8. The van der Waals surface area contributed by atoms with E-state index in [1.54, 1.807) is 25.6 Å². The average molecular weight is 322 g/mol. The number of anilines is 2. The van der Waals surface area contributed by atoms with E-state index in [0.717, 1.165) is 16.6 Å². The van der Waals surface area contributed by atoms with Gasteiger partial charge in [-0.05, 0) is 18.2 Å². The van der Waals surface area contributed by atoms with Crippen molar-refractivity contribution in [2.45, 2.75) is 0 Å². The smallest absolute Gasteiger partial charge is 0.257 e. The second-order valence-corrected chi connectivity index (χ2v) is 5.22. The molecule has 0 aliphatic carbocycles. The summed E-state index contributed by atoms with van der Waals surface area (Å²) in [6.07, 6.45) is 4.92. The van der Waals surface area contributed by atoms with Gasteiger partial charge in [0.05, 0.1) is 29.1 Å². The summed E-state index contributed by atoms with van der Waals surface area (Å²) in [6.45, 7) is 1.23. The van der Waals surface area contributed by atoms with Crippen LogP contribution in [0.1, 0.15) is 10.4 Å². The van der Waals surface area contributed by atoms with Gasteiger partial charge in [-0.1, -0.05) is 18.2 Å². The molecule has 0 spiro atoms. The number of hydrogen-bond acceptors (Lipinski definition) is 5. The van der Waals surface area contributed by atoms with Gasteiger partial charge in [0.15, 0.2) is 0 Å². The third-order valence-corrected chi connectivity index (χ3v) is 3.52. The van der Waals surface area contributed by atoms with E-state index in [2.05, 4.69) is 20.6 Å². The lowest BCUT2D eigenvalue weighted by Crippen LogP contribution is -2.14. The van der Waals surface area contributed by atoms with Crippen LogP contribution in [0.5, 0.6) is 0 Å². The second kappa shape index (κ2) is 7.52. The molecule has 0 atom stereocenters. The van der Waals surface area contributed by atoms with Gasteiger partial charge < -0.3 is 15.4 Å². The van der Waals surface area contributed by atoms with Gasteiger partial charge in [-0.25, -0.2) is 0 Å². The summed E-state index contributed by atoms with van der Waals surface area (Å²) in [4.78, 5) is 21.0. The minimum Gasteiger partial charge on any atom is -0.383 e. The Morgan fingerprint density at radius 1 is 1.21 bits per heavy atom. The molecule has 0 radical (unpaired) electrons. The maximum atomic E-state index is 12.5. The highest BCUT2D eigenvalue weighted by Crippen LogP contribution is 2.21. The van der Waals surface area contributed by atoms with E-state index < -0.39 is 0 Å². The van der Waals surface area contributed by atoms with Crippen molar-refractivity contribution in [3.8, 4) is 0 Å². The number of carbonyl (C=O) groups excluding carboxylic acids is 1. The van der Waals surface area contributed by atoms with Crippen molar-refractivity contribution in [1.29, 1.82) is 0 Å². The number of methoxy groups -OCH3 is 1. The Bertz CT molecular complexity index is 846. The number of aromatic nitrogens is 2. The lowest BCUT2D eigenvalue weighted by atomic mass is 10.2. The van der Waals surface area contributed by atoms with Gasteiger partial charge in [-0.2, -0.15) is 0 Å². The molecule has 2 aromatic heterocycles. The quantitative estimate of drug-likeness (QED) is 0.682. The molecule has 122 valence electrons. The van der Waals surface area contributed by atoms with E-state index in [9.17, 15) is 4.79 Å². The van der Waals surface area contributed by atoms with E-state index >= 15 is 0 Å². The van der Waals surface area contributed by atoms with Crippen LogP contribution in [0.2, 0.25) is 0 Å². The van der Waals surface area contributed by atoms with Gasteiger partial charge in [0.2, 0.25) is 0 Å². The maximum absolute atomic E-state index is 12.5. The Morgan fingerprint density at radius 2 is 2.08 bits per heavy atom. The van der Waals surface area contributed by atoms with Crippen molar-refractivity contribution < 1.29 is 9.53 Å². The molecule has 2 N–H and O–H groups in total. The average Bonchev–Trinajstić information content (AvgIpc) is 2.62. The Balaban J connectivity index is 1.78. The molecule has 0 bridgehead atoms. The number of pyridine rings is 2. The van der Waals surface area contributed by atoms with Crippen LogP contribution in [0.4, 0.5) is 11.4 Å². The van der Waals surface area contributed by atoms with E-state index in [1.165, 1.54) is 6.20 Å². The Hall–Kier alpha value is -2.99. The highest BCUT2D eigenvalue weighted by atomic mass is 16.5. The molecule has 0 saturated heterocycles. The van der Waals surface area contributed by atoms with Crippen LogP contribution < -0.4 is 10.6 Å². The number of nitrogens with zero attached hydrogens (tertiary/aromatic N) is 2. The summed E-state index contributed by atoms with van der Waals surface area (Å²) in [5.74, 6) is -0.226. The number of carbonyl (C=O) groups is 1. The third-order valence-electron chi connectivity index (χ3n) is 3.52. The van der Waals surface area contributed by atoms with Crippen LogP contribution in [0.25, 0.3) is 10.9 Å². The number of benzene rings is 1. The highest BCUT2D eigenvalue weighted by Gasteiger charge is 2.10. The SMILES string of the molecule is COCCNc1cncc(C(=O)Nc2cccc3cccnc23)c1. The summed E-state index contributed by atoms with van der Waals surface area (Å²) in [7, 11) is 1.64. The van der Waals surface area contributed by atoms with Crippen molar-refractivity contribution in [3.63, 3.8) is 0 Å². The molecule has 3 aromatic rings. The standard InChI is InChI=1S/C18H18N4O2/c1-24-9-8-20-15-10-14(11-19-12-15)18(23)22-16-6-2-4-13-5-3-7-21-17(13)16/h2-7,10-12,20H,8-9H2,1H3,(H,22,23). The largest absolute Gasteiger partial charge is 0.383 e. The fourth-order valence-electron chi connectivity index (χ4n) is 2.36. The molecule has 0 aliphatic heterocycles. The van der Waals surface area contributed by atoms with Gasteiger partial charge in [-0.3, -0.25) is 14.8 Å². The normalized spacial score (nSPS) is 10.5. The zero-order valence-electron chi connectivity index (χ0n) is 13.3. The number of ether oxygens (including phenoxy) is 1. The van der Waals surface area contributed by atoms with Crippen molar-refractivity contribution in [2.75, 3.05) is 30.9 Å². The molecule has 0 aliphatic rings. The van der Waals surface area contributed by atoms with Crippen molar-refractivity contribution in [3.05, 3.63) is 60.6 Å². The zero-order valence-corrected chi connectivity index (χ0v) is 13.3. The Labute approximate surface area is 139 Å². The number of amides is 1. The van der Waals surface area contributed by atoms with Gasteiger partial charge in [-0.15, -0.1) is 0 Å². The second-order valence-electron chi connectivity index (χ2n) is 5.22. The monoisotopic (exact) mass is 322 g/mol. The number of para-hydroxylation sites is 1. The first-order chi connectivity index (χ1) is 11.8. The van der Waals surface area contributed by atoms with Gasteiger partial charge in [0.1, 0.15) is 0 Å². The molecule has 2 heterocycles. The fraction of sp³-hybridized carbons (Fsp3) is 0.167. The van der Waals surface area contributed by atoms with Crippen molar-refractivity contribution in [2.24, 2.45) is 0 Å². The number of fused-ring (bicyclic) bond motifs is 1. The molecule has 6 nitrogen and oxygen atoms in total. The van der Waals surface area contributed by atoms with Gasteiger partial charge >= 0.3 is 0 Å². The third kappa shape index (κ3) is 3.67. The summed E-state index contributed by atoms with van der Waals surface area (Å²) in [5.41, 5.74) is 2.69. The van der Waals surface area contributed by atoms with E-state index in [1.807, 2.05) is 30.3 Å². The molecule has 0 unspecified atom stereocenters. The molecule has 0 fully saturated rings.